The fourth-order valence-electron chi connectivity index (χ4n) is 1.45. The van der Waals surface area contributed by atoms with Crippen LogP contribution >= 0.6 is 15.9 Å². The molecule has 0 saturated carbocycles. The number of halogens is 4. The molecule has 0 aliphatic carbocycles. The Labute approximate surface area is 112 Å². The van der Waals surface area contributed by atoms with Gasteiger partial charge in [-0.25, -0.2) is 4.68 Å². The zero-order chi connectivity index (χ0) is 14.2. The predicted octanol–water partition coefficient (Wildman–Crippen LogP) is 3.01. The number of nitrogens with zero attached hydrogens (tertiary/aromatic N) is 2. The van der Waals surface area contributed by atoms with Gasteiger partial charge in [0.1, 0.15) is 12.2 Å². The SMILES string of the molecule is O=C(O)Cn1nc(C(F)(F)F)cc1-c1ccc(Br)o1. The maximum Gasteiger partial charge on any atom is 0.435 e. The summed E-state index contributed by atoms with van der Waals surface area (Å²) < 4.78 is 43.9. The van der Waals surface area contributed by atoms with Crippen molar-refractivity contribution in [1.29, 1.82) is 0 Å². The lowest BCUT2D eigenvalue weighted by atomic mass is 10.3. The summed E-state index contributed by atoms with van der Waals surface area (Å²) in [7, 11) is 0. The third-order valence-corrected chi connectivity index (χ3v) is 2.61. The fourth-order valence-corrected chi connectivity index (χ4v) is 1.76. The molecular formula is C10H6BrF3N2O3. The van der Waals surface area contributed by atoms with E-state index in [-0.39, 0.29) is 11.5 Å². The Bertz CT molecular complexity index is 618. The van der Waals surface area contributed by atoms with E-state index in [4.69, 9.17) is 9.52 Å². The number of carboxylic acid groups (broad SMARTS) is 1. The Morgan fingerprint density at radius 3 is 2.63 bits per heavy atom. The molecule has 5 nitrogen and oxygen atoms in total. The number of carboxylic acids is 1. The Hall–Kier alpha value is -1.77. The Morgan fingerprint density at radius 1 is 1.47 bits per heavy atom. The van der Waals surface area contributed by atoms with E-state index < -0.39 is 24.4 Å². The van der Waals surface area contributed by atoms with Crippen molar-refractivity contribution in [2.45, 2.75) is 12.7 Å². The maximum atomic E-state index is 12.6. The lowest BCUT2D eigenvalue weighted by Gasteiger charge is -2.01. The minimum atomic E-state index is -4.65. The van der Waals surface area contributed by atoms with E-state index in [9.17, 15) is 18.0 Å². The summed E-state index contributed by atoms with van der Waals surface area (Å²) in [6.45, 7) is -0.691. The average Bonchev–Trinajstić information content (AvgIpc) is 2.82. The van der Waals surface area contributed by atoms with Crippen LogP contribution in [0.4, 0.5) is 13.2 Å². The molecule has 0 spiro atoms. The van der Waals surface area contributed by atoms with E-state index in [1.807, 2.05) is 0 Å². The second kappa shape index (κ2) is 4.72. The maximum absolute atomic E-state index is 12.6. The molecule has 0 fully saturated rings. The molecule has 0 radical (unpaired) electrons. The number of rotatable bonds is 3. The van der Waals surface area contributed by atoms with E-state index in [0.717, 1.165) is 10.7 Å². The normalized spacial score (nSPS) is 11.8. The van der Waals surface area contributed by atoms with Gasteiger partial charge in [-0.15, -0.1) is 0 Å². The van der Waals surface area contributed by atoms with Crippen molar-refractivity contribution in [3.8, 4) is 11.5 Å². The molecule has 0 unspecified atom stereocenters. The topological polar surface area (TPSA) is 68.3 Å². The fraction of sp³-hybridized carbons (Fsp3) is 0.200. The lowest BCUT2D eigenvalue weighted by molar-refractivity contribution is -0.143. The molecule has 2 rings (SSSR count). The predicted molar refractivity (Wildman–Crippen MR) is 60.3 cm³/mol. The molecule has 0 amide bonds. The van der Waals surface area contributed by atoms with Gasteiger partial charge in [0.05, 0.1) is 0 Å². The van der Waals surface area contributed by atoms with Gasteiger partial charge in [-0.3, -0.25) is 4.79 Å². The molecule has 0 bridgehead atoms. The van der Waals surface area contributed by atoms with Crippen LogP contribution in [0.25, 0.3) is 11.5 Å². The molecule has 2 heterocycles. The van der Waals surface area contributed by atoms with Crippen molar-refractivity contribution >= 4 is 21.9 Å². The summed E-state index contributed by atoms with van der Waals surface area (Å²) >= 11 is 3.02. The molecule has 2 aromatic heterocycles. The highest BCUT2D eigenvalue weighted by molar-refractivity contribution is 9.10. The van der Waals surface area contributed by atoms with Gasteiger partial charge >= 0.3 is 12.1 Å². The van der Waals surface area contributed by atoms with Crippen LogP contribution in [0.15, 0.2) is 27.3 Å². The molecule has 19 heavy (non-hydrogen) atoms. The Morgan fingerprint density at radius 2 is 2.16 bits per heavy atom. The number of alkyl halides is 3. The smallest absolute Gasteiger partial charge is 0.435 e. The molecule has 102 valence electrons. The van der Waals surface area contributed by atoms with Gasteiger partial charge in [0, 0.05) is 0 Å². The van der Waals surface area contributed by atoms with E-state index in [2.05, 4.69) is 21.0 Å². The summed E-state index contributed by atoms with van der Waals surface area (Å²) in [5.74, 6) is -1.21. The quantitative estimate of drug-likeness (QED) is 0.933. The first-order valence-corrected chi connectivity index (χ1v) is 5.69. The van der Waals surface area contributed by atoms with Gasteiger partial charge in [0.15, 0.2) is 16.1 Å². The van der Waals surface area contributed by atoms with Crippen molar-refractivity contribution in [2.24, 2.45) is 0 Å². The van der Waals surface area contributed by atoms with Gasteiger partial charge in [0.2, 0.25) is 0 Å². The molecule has 0 saturated heterocycles. The minimum Gasteiger partial charge on any atom is -0.480 e. The van der Waals surface area contributed by atoms with Crippen LogP contribution in [0.1, 0.15) is 5.69 Å². The van der Waals surface area contributed by atoms with E-state index in [1.54, 1.807) is 0 Å². The van der Waals surface area contributed by atoms with Crippen molar-refractivity contribution in [1.82, 2.24) is 9.78 Å². The van der Waals surface area contributed by atoms with Crippen molar-refractivity contribution < 1.29 is 27.5 Å². The van der Waals surface area contributed by atoms with Crippen molar-refractivity contribution in [3.05, 3.63) is 28.6 Å². The molecule has 1 N–H and O–H groups in total. The van der Waals surface area contributed by atoms with Crippen LogP contribution in [0.5, 0.6) is 0 Å². The minimum absolute atomic E-state index is 0.0552. The molecular weight excluding hydrogens is 333 g/mol. The first-order chi connectivity index (χ1) is 8.77. The molecule has 0 aliphatic heterocycles. The molecule has 2 aromatic rings. The van der Waals surface area contributed by atoms with Gasteiger partial charge in [-0.2, -0.15) is 18.3 Å². The van der Waals surface area contributed by atoms with Gasteiger partial charge in [0.25, 0.3) is 0 Å². The second-order valence-electron chi connectivity index (χ2n) is 3.57. The zero-order valence-corrected chi connectivity index (χ0v) is 10.7. The third kappa shape index (κ3) is 2.98. The van der Waals surface area contributed by atoms with Crippen LogP contribution in [-0.4, -0.2) is 20.9 Å². The number of hydrogen-bond acceptors (Lipinski definition) is 3. The van der Waals surface area contributed by atoms with Crippen LogP contribution < -0.4 is 0 Å². The van der Waals surface area contributed by atoms with Crippen LogP contribution in [-0.2, 0) is 17.5 Å². The second-order valence-corrected chi connectivity index (χ2v) is 4.35. The summed E-state index contributed by atoms with van der Waals surface area (Å²) in [5, 5.41) is 11.9. The molecule has 0 aromatic carbocycles. The number of aliphatic carboxylic acids is 1. The summed E-state index contributed by atoms with van der Waals surface area (Å²) in [5.41, 5.74) is -1.23. The highest BCUT2D eigenvalue weighted by Gasteiger charge is 2.35. The summed E-state index contributed by atoms with van der Waals surface area (Å²) in [6, 6.07) is 3.65. The average molecular weight is 339 g/mol. The number of aromatic nitrogens is 2. The highest BCUT2D eigenvalue weighted by atomic mass is 79.9. The third-order valence-electron chi connectivity index (χ3n) is 2.18. The molecule has 9 heteroatoms. The summed E-state index contributed by atoms with van der Waals surface area (Å²) in [4.78, 5) is 10.6. The zero-order valence-electron chi connectivity index (χ0n) is 9.11. The Kier molecular flexibility index (Phi) is 3.40. The number of furan rings is 1. The number of hydrogen-bond donors (Lipinski definition) is 1. The van der Waals surface area contributed by atoms with Crippen LogP contribution in [0, 0.1) is 0 Å². The van der Waals surface area contributed by atoms with E-state index >= 15 is 0 Å². The van der Waals surface area contributed by atoms with Gasteiger partial charge < -0.3 is 9.52 Å². The van der Waals surface area contributed by atoms with E-state index in [1.165, 1.54) is 12.1 Å². The Balaban J connectivity index is 2.51. The van der Waals surface area contributed by atoms with Gasteiger partial charge in [-0.1, -0.05) is 0 Å². The highest BCUT2D eigenvalue weighted by Crippen LogP contribution is 2.33. The van der Waals surface area contributed by atoms with E-state index in [0.29, 0.717) is 4.67 Å². The standard InChI is InChI=1S/C10H6BrF3N2O3/c11-8-2-1-6(19-8)5-3-7(10(12,13)14)15-16(5)4-9(17)18/h1-3H,4H2,(H,17,18). The summed E-state index contributed by atoms with van der Waals surface area (Å²) in [6.07, 6.45) is -4.65. The molecule has 0 atom stereocenters. The van der Waals surface area contributed by atoms with Crippen molar-refractivity contribution in [2.75, 3.05) is 0 Å². The van der Waals surface area contributed by atoms with Crippen molar-refractivity contribution in [3.63, 3.8) is 0 Å². The first-order valence-electron chi connectivity index (χ1n) is 4.90. The number of carbonyl (C=O) groups is 1. The van der Waals surface area contributed by atoms with Crippen LogP contribution in [0.3, 0.4) is 0 Å². The van der Waals surface area contributed by atoms with Crippen LogP contribution in [0.2, 0.25) is 0 Å². The van der Waals surface area contributed by atoms with Gasteiger partial charge in [-0.05, 0) is 34.1 Å². The first kappa shape index (κ1) is 13.7. The largest absolute Gasteiger partial charge is 0.480 e. The molecule has 0 aliphatic rings. The lowest BCUT2D eigenvalue weighted by Crippen LogP contribution is -2.13. The monoisotopic (exact) mass is 338 g/mol.